The highest BCUT2D eigenvalue weighted by Gasteiger charge is 2.30. The van der Waals surface area contributed by atoms with Gasteiger partial charge in [0.15, 0.2) is 0 Å². The van der Waals surface area contributed by atoms with E-state index in [2.05, 4.69) is 20.4 Å². The number of aromatic nitrogens is 4. The lowest BCUT2D eigenvalue weighted by Crippen LogP contribution is -2.21. The van der Waals surface area contributed by atoms with E-state index in [-0.39, 0.29) is 17.7 Å². The van der Waals surface area contributed by atoms with Gasteiger partial charge in [-0.3, -0.25) is 19.8 Å². The molecule has 0 fully saturated rings. The van der Waals surface area contributed by atoms with Crippen molar-refractivity contribution in [2.45, 2.75) is 26.4 Å². The summed E-state index contributed by atoms with van der Waals surface area (Å²) in [4.78, 5) is 25.4. The zero-order chi connectivity index (χ0) is 22.1. The van der Waals surface area contributed by atoms with Gasteiger partial charge in [0, 0.05) is 27.0 Å². The summed E-state index contributed by atoms with van der Waals surface area (Å²) in [6, 6.07) is 12.5. The van der Waals surface area contributed by atoms with Gasteiger partial charge in [0.25, 0.3) is 11.1 Å². The second-order valence-corrected chi connectivity index (χ2v) is 8.14. The Labute approximate surface area is 187 Å². The van der Waals surface area contributed by atoms with Gasteiger partial charge in [-0.1, -0.05) is 35.3 Å². The van der Waals surface area contributed by atoms with Crippen molar-refractivity contribution < 1.29 is 4.74 Å². The Bertz CT molecular complexity index is 1300. The molecule has 31 heavy (non-hydrogen) atoms. The standard InChI is InChI=1S/C22H20Cl2N4O3/c1-11-18(21(29)27-25-11)20(19-12(2)26-28-22(19)30)16-9-15(24)6-7-17(16)31-10-13-4-3-5-14(23)8-13/h3-9,20H,10H2,1-2H3,(H2,25,27,29)(H2,26,28,30). The molecule has 160 valence electrons. The predicted molar refractivity (Wildman–Crippen MR) is 120 cm³/mol. The molecule has 2 heterocycles. The normalized spacial score (nSPS) is 11.3. The average molecular weight is 459 g/mol. The smallest absolute Gasteiger partial charge is 0.268 e. The minimum Gasteiger partial charge on any atom is -0.489 e. The largest absolute Gasteiger partial charge is 0.489 e. The average Bonchev–Trinajstić information content (AvgIpc) is 3.24. The summed E-state index contributed by atoms with van der Waals surface area (Å²) in [6.45, 7) is 3.80. The molecule has 0 aliphatic rings. The number of hydrogen-bond acceptors (Lipinski definition) is 3. The van der Waals surface area contributed by atoms with Crippen LogP contribution in [0.25, 0.3) is 0 Å². The van der Waals surface area contributed by atoms with Gasteiger partial charge in [0.1, 0.15) is 12.4 Å². The number of benzene rings is 2. The molecule has 0 radical (unpaired) electrons. The Hall–Kier alpha value is -3.16. The Morgan fingerprint density at radius 2 is 1.45 bits per heavy atom. The molecule has 4 aromatic rings. The summed E-state index contributed by atoms with van der Waals surface area (Å²) >= 11 is 12.4. The van der Waals surface area contributed by atoms with Crippen LogP contribution in [0, 0.1) is 13.8 Å². The van der Waals surface area contributed by atoms with Gasteiger partial charge in [-0.2, -0.15) is 0 Å². The Morgan fingerprint density at radius 3 is 2.00 bits per heavy atom. The van der Waals surface area contributed by atoms with Crippen molar-refractivity contribution in [3.05, 3.63) is 107 Å². The highest BCUT2D eigenvalue weighted by Crippen LogP contribution is 2.38. The van der Waals surface area contributed by atoms with Gasteiger partial charge in [-0.05, 0) is 49.7 Å². The first-order chi connectivity index (χ1) is 14.8. The lowest BCUT2D eigenvalue weighted by molar-refractivity contribution is 0.302. The SMILES string of the molecule is Cc1[nH][nH]c(=O)c1C(c1cc(Cl)ccc1OCc1cccc(Cl)c1)c1c(C)[nH][nH]c1=O. The van der Waals surface area contributed by atoms with Crippen molar-refractivity contribution >= 4 is 23.2 Å². The molecular formula is C22H20Cl2N4O3. The third kappa shape index (κ3) is 4.19. The Morgan fingerprint density at radius 1 is 0.839 bits per heavy atom. The molecule has 0 bridgehead atoms. The monoisotopic (exact) mass is 458 g/mol. The molecule has 0 aliphatic heterocycles. The molecular weight excluding hydrogens is 439 g/mol. The molecule has 0 saturated heterocycles. The van der Waals surface area contributed by atoms with E-state index in [0.717, 1.165) is 5.56 Å². The van der Waals surface area contributed by atoms with Crippen molar-refractivity contribution in [3.8, 4) is 5.75 Å². The van der Waals surface area contributed by atoms with Crippen LogP contribution in [-0.2, 0) is 6.61 Å². The highest BCUT2D eigenvalue weighted by molar-refractivity contribution is 6.31. The fourth-order valence-electron chi connectivity index (χ4n) is 3.73. The molecule has 4 rings (SSSR count). The first-order valence-electron chi connectivity index (χ1n) is 9.56. The van der Waals surface area contributed by atoms with Crippen LogP contribution in [-0.4, -0.2) is 20.4 Å². The molecule has 0 saturated carbocycles. The summed E-state index contributed by atoms with van der Waals surface area (Å²) in [5, 5.41) is 11.9. The Balaban J connectivity index is 1.86. The molecule has 9 heteroatoms. The first kappa shape index (κ1) is 21.1. The van der Waals surface area contributed by atoms with Crippen LogP contribution in [0.2, 0.25) is 10.0 Å². The van der Waals surface area contributed by atoms with Crippen LogP contribution in [0.4, 0.5) is 0 Å². The van der Waals surface area contributed by atoms with Gasteiger partial charge >= 0.3 is 0 Å². The topological polar surface area (TPSA) is 107 Å². The van der Waals surface area contributed by atoms with E-state index in [1.807, 2.05) is 18.2 Å². The fourth-order valence-corrected chi connectivity index (χ4v) is 4.12. The fraction of sp³-hybridized carbons (Fsp3) is 0.182. The van der Waals surface area contributed by atoms with Gasteiger partial charge in [-0.15, -0.1) is 0 Å². The van der Waals surface area contributed by atoms with Gasteiger partial charge in [0.05, 0.1) is 17.0 Å². The maximum absolute atomic E-state index is 12.7. The molecule has 0 aliphatic carbocycles. The van der Waals surface area contributed by atoms with Crippen molar-refractivity contribution in [1.82, 2.24) is 20.4 Å². The summed E-state index contributed by atoms with van der Waals surface area (Å²) in [5.74, 6) is -0.188. The zero-order valence-electron chi connectivity index (χ0n) is 16.8. The lowest BCUT2D eigenvalue weighted by atomic mass is 9.85. The number of rotatable bonds is 6. The van der Waals surface area contributed by atoms with Gasteiger partial charge < -0.3 is 14.9 Å². The van der Waals surface area contributed by atoms with Crippen molar-refractivity contribution in [2.24, 2.45) is 0 Å². The van der Waals surface area contributed by atoms with Crippen LogP contribution in [0.5, 0.6) is 5.75 Å². The van der Waals surface area contributed by atoms with E-state index in [4.69, 9.17) is 27.9 Å². The molecule has 2 aromatic carbocycles. The third-order valence-corrected chi connectivity index (χ3v) is 5.64. The second-order valence-electron chi connectivity index (χ2n) is 7.27. The van der Waals surface area contributed by atoms with Crippen LogP contribution in [0.15, 0.2) is 52.1 Å². The van der Waals surface area contributed by atoms with Gasteiger partial charge in [0.2, 0.25) is 0 Å². The van der Waals surface area contributed by atoms with Gasteiger partial charge in [-0.25, -0.2) is 0 Å². The van der Waals surface area contributed by atoms with E-state index >= 15 is 0 Å². The highest BCUT2D eigenvalue weighted by atomic mass is 35.5. The number of aromatic amines is 4. The van der Waals surface area contributed by atoms with E-state index in [9.17, 15) is 9.59 Å². The molecule has 0 spiro atoms. The molecule has 4 N–H and O–H groups in total. The predicted octanol–water partition coefficient (Wildman–Crippen LogP) is 4.40. The van der Waals surface area contributed by atoms with E-state index in [1.54, 1.807) is 38.1 Å². The molecule has 0 atom stereocenters. The van der Waals surface area contributed by atoms with Crippen molar-refractivity contribution in [3.63, 3.8) is 0 Å². The van der Waals surface area contributed by atoms with Crippen molar-refractivity contribution in [2.75, 3.05) is 0 Å². The maximum atomic E-state index is 12.7. The number of aryl methyl sites for hydroxylation is 2. The Kier molecular flexibility index (Phi) is 5.80. The number of ether oxygens (including phenoxy) is 1. The number of halogens is 2. The minimum atomic E-state index is -0.696. The lowest BCUT2D eigenvalue weighted by Gasteiger charge is -2.20. The zero-order valence-corrected chi connectivity index (χ0v) is 18.3. The minimum absolute atomic E-state index is 0.257. The maximum Gasteiger partial charge on any atom is 0.268 e. The number of H-pyrrole nitrogens is 4. The second kappa shape index (κ2) is 8.53. The van der Waals surface area contributed by atoms with E-state index in [0.29, 0.717) is 43.9 Å². The van der Waals surface area contributed by atoms with Crippen LogP contribution >= 0.6 is 23.2 Å². The number of hydrogen-bond donors (Lipinski definition) is 4. The molecule has 7 nitrogen and oxygen atoms in total. The van der Waals surface area contributed by atoms with Crippen LogP contribution in [0.1, 0.15) is 39.6 Å². The van der Waals surface area contributed by atoms with E-state index < -0.39 is 5.92 Å². The third-order valence-electron chi connectivity index (χ3n) is 5.17. The quantitative estimate of drug-likeness (QED) is 0.343. The van der Waals surface area contributed by atoms with Crippen LogP contribution < -0.4 is 15.9 Å². The molecule has 0 amide bonds. The summed E-state index contributed by atoms with van der Waals surface area (Å²) in [5.41, 5.74) is 2.94. The molecule has 2 aromatic heterocycles. The summed E-state index contributed by atoms with van der Waals surface area (Å²) < 4.78 is 6.11. The van der Waals surface area contributed by atoms with Crippen LogP contribution in [0.3, 0.4) is 0 Å². The van der Waals surface area contributed by atoms with E-state index in [1.165, 1.54) is 0 Å². The first-order valence-corrected chi connectivity index (χ1v) is 10.3. The summed E-state index contributed by atoms with van der Waals surface area (Å²) in [7, 11) is 0. The number of nitrogens with one attached hydrogen (secondary N) is 4. The summed E-state index contributed by atoms with van der Waals surface area (Å²) in [6.07, 6.45) is 0. The molecule has 0 unspecified atom stereocenters. The van der Waals surface area contributed by atoms with Crippen molar-refractivity contribution in [1.29, 1.82) is 0 Å².